The minimum absolute atomic E-state index is 0.0587. The van der Waals surface area contributed by atoms with Crippen LogP contribution >= 0.6 is 0 Å². The fraction of sp³-hybridized carbons (Fsp3) is 0.481. The van der Waals surface area contributed by atoms with E-state index < -0.39 is 0 Å². The van der Waals surface area contributed by atoms with Gasteiger partial charge in [0.15, 0.2) is 0 Å². The van der Waals surface area contributed by atoms with Crippen molar-refractivity contribution in [2.75, 3.05) is 32.9 Å². The molecule has 2 aromatic rings. The molecule has 33 heavy (non-hydrogen) atoms. The maximum Gasteiger partial charge on any atom is 0.313 e. The van der Waals surface area contributed by atoms with E-state index in [1.807, 2.05) is 55.5 Å². The molecule has 1 aliphatic rings. The Morgan fingerprint density at radius 1 is 1.03 bits per heavy atom. The molecule has 1 fully saturated rings. The summed E-state index contributed by atoms with van der Waals surface area (Å²) in [5.41, 5.74) is 2.22. The predicted molar refractivity (Wildman–Crippen MR) is 129 cm³/mol. The fourth-order valence-corrected chi connectivity index (χ4v) is 3.96. The van der Waals surface area contributed by atoms with Crippen LogP contribution in [-0.4, -0.2) is 55.8 Å². The third-order valence-corrected chi connectivity index (χ3v) is 5.68. The largest absolute Gasteiger partial charge is 0.466 e. The second kappa shape index (κ2) is 14.4. The van der Waals surface area contributed by atoms with Crippen LogP contribution in [0.5, 0.6) is 0 Å². The van der Waals surface area contributed by atoms with Gasteiger partial charge in [-0.1, -0.05) is 67.6 Å². The van der Waals surface area contributed by atoms with Crippen molar-refractivity contribution in [2.45, 2.75) is 52.2 Å². The second-order valence-electron chi connectivity index (χ2n) is 7.94. The average molecular weight is 456 g/mol. The molecule has 3 unspecified atom stereocenters. The molecule has 1 heterocycles. The van der Waals surface area contributed by atoms with Gasteiger partial charge in [-0.15, -0.1) is 0 Å². The standard InChI is InChI=1S/C23H29NO3.C4H8O2/c1-3-21(19-10-6-4-7-11-19)23(25)27-17-15-24-14-16-26-22(18(24)2)20-12-8-5-9-13-20;1-3-6-4(2)5/h4-13,18,21-22H,3,14-17H2,1-2H3;3H2,1-2H3. The number of morpholine rings is 1. The number of rotatable bonds is 8. The van der Waals surface area contributed by atoms with E-state index in [0.29, 0.717) is 19.8 Å². The smallest absolute Gasteiger partial charge is 0.313 e. The van der Waals surface area contributed by atoms with Gasteiger partial charge in [0, 0.05) is 26.1 Å². The van der Waals surface area contributed by atoms with E-state index in [9.17, 15) is 9.59 Å². The van der Waals surface area contributed by atoms with Crippen molar-refractivity contribution in [1.82, 2.24) is 4.90 Å². The van der Waals surface area contributed by atoms with Crippen molar-refractivity contribution >= 4 is 11.9 Å². The molecule has 0 saturated carbocycles. The molecule has 6 nitrogen and oxygen atoms in total. The molecule has 0 aliphatic carbocycles. The van der Waals surface area contributed by atoms with Crippen LogP contribution in [-0.2, 0) is 23.8 Å². The predicted octanol–water partition coefficient (Wildman–Crippen LogP) is 4.75. The van der Waals surface area contributed by atoms with Gasteiger partial charge in [-0.05, 0) is 31.4 Å². The molecule has 6 heteroatoms. The summed E-state index contributed by atoms with van der Waals surface area (Å²) in [4.78, 5) is 24.7. The van der Waals surface area contributed by atoms with E-state index in [0.717, 1.165) is 25.1 Å². The topological polar surface area (TPSA) is 65.1 Å². The highest BCUT2D eigenvalue weighted by molar-refractivity contribution is 5.78. The molecule has 0 bridgehead atoms. The van der Waals surface area contributed by atoms with Gasteiger partial charge >= 0.3 is 11.9 Å². The Balaban J connectivity index is 0.000000569. The summed E-state index contributed by atoms with van der Waals surface area (Å²) in [6.45, 7) is 10.5. The molecule has 0 aromatic heterocycles. The van der Waals surface area contributed by atoms with Crippen molar-refractivity contribution in [3.05, 3.63) is 71.8 Å². The van der Waals surface area contributed by atoms with Crippen molar-refractivity contribution in [3.63, 3.8) is 0 Å². The summed E-state index contributed by atoms with van der Waals surface area (Å²) in [5.74, 6) is -0.535. The highest BCUT2D eigenvalue weighted by Crippen LogP contribution is 2.28. The van der Waals surface area contributed by atoms with Gasteiger partial charge in [-0.25, -0.2) is 0 Å². The molecule has 3 atom stereocenters. The molecule has 0 amide bonds. The van der Waals surface area contributed by atoms with Gasteiger partial charge in [-0.2, -0.15) is 0 Å². The van der Waals surface area contributed by atoms with Gasteiger partial charge in [0.25, 0.3) is 0 Å². The number of benzene rings is 2. The maximum absolute atomic E-state index is 12.5. The highest BCUT2D eigenvalue weighted by atomic mass is 16.5. The van der Waals surface area contributed by atoms with Crippen LogP contribution in [0.1, 0.15) is 57.3 Å². The van der Waals surface area contributed by atoms with Crippen LogP contribution in [0.15, 0.2) is 60.7 Å². The number of ether oxygens (including phenoxy) is 3. The van der Waals surface area contributed by atoms with E-state index in [-0.39, 0.29) is 30.0 Å². The van der Waals surface area contributed by atoms with Gasteiger partial charge in [-0.3, -0.25) is 14.5 Å². The lowest BCUT2D eigenvalue weighted by atomic mass is 9.97. The van der Waals surface area contributed by atoms with Gasteiger partial charge in [0.05, 0.1) is 25.2 Å². The first-order chi connectivity index (χ1) is 16.0. The highest BCUT2D eigenvalue weighted by Gasteiger charge is 2.30. The average Bonchev–Trinajstić information content (AvgIpc) is 2.82. The Morgan fingerprint density at radius 3 is 2.21 bits per heavy atom. The van der Waals surface area contributed by atoms with E-state index in [2.05, 4.69) is 28.7 Å². The molecule has 1 saturated heterocycles. The Kier molecular flexibility index (Phi) is 11.6. The van der Waals surface area contributed by atoms with Crippen molar-refractivity contribution < 1.29 is 23.8 Å². The fourth-order valence-electron chi connectivity index (χ4n) is 3.96. The number of carbonyl (C=O) groups is 2. The monoisotopic (exact) mass is 455 g/mol. The normalized spacial score (nSPS) is 19.0. The third-order valence-electron chi connectivity index (χ3n) is 5.68. The summed E-state index contributed by atoms with van der Waals surface area (Å²) in [7, 11) is 0. The molecular weight excluding hydrogens is 418 g/mol. The first-order valence-electron chi connectivity index (χ1n) is 11.7. The van der Waals surface area contributed by atoms with Crippen molar-refractivity contribution in [3.8, 4) is 0 Å². The summed E-state index contributed by atoms with van der Waals surface area (Å²) in [5, 5.41) is 0. The summed E-state index contributed by atoms with van der Waals surface area (Å²) >= 11 is 0. The van der Waals surface area contributed by atoms with Crippen LogP contribution in [0, 0.1) is 0 Å². The van der Waals surface area contributed by atoms with Crippen molar-refractivity contribution in [2.24, 2.45) is 0 Å². The zero-order valence-corrected chi connectivity index (χ0v) is 20.2. The summed E-state index contributed by atoms with van der Waals surface area (Å²) in [6, 6.07) is 20.4. The van der Waals surface area contributed by atoms with E-state index in [4.69, 9.17) is 9.47 Å². The summed E-state index contributed by atoms with van der Waals surface area (Å²) in [6.07, 6.45) is 0.802. The van der Waals surface area contributed by atoms with Crippen LogP contribution < -0.4 is 0 Å². The number of esters is 2. The molecule has 180 valence electrons. The first-order valence-corrected chi connectivity index (χ1v) is 11.7. The van der Waals surface area contributed by atoms with Gasteiger partial charge in [0.2, 0.25) is 0 Å². The SMILES string of the molecule is CCC(C(=O)OCCN1CCOC(c2ccccc2)C1C)c1ccccc1.CCOC(C)=O. The van der Waals surface area contributed by atoms with Crippen LogP contribution in [0.25, 0.3) is 0 Å². The molecule has 0 N–H and O–H groups in total. The quantitative estimate of drug-likeness (QED) is 0.535. The van der Waals surface area contributed by atoms with E-state index >= 15 is 0 Å². The molecular formula is C27H37NO5. The number of hydrogen-bond donors (Lipinski definition) is 0. The number of carbonyl (C=O) groups excluding carboxylic acids is 2. The lowest BCUT2D eigenvalue weighted by molar-refractivity contribution is -0.147. The second-order valence-corrected chi connectivity index (χ2v) is 7.94. The zero-order valence-electron chi connectivity index (χ0n) is 20.2. The lowest BCUT2D eigenvalue weighted by Crippen LogP contribution is -2.47. The van der Waals surface area contributed by atoms with E-state index in [1.54, 1.807) is 6.92 Å². The minimum Gasteiger partial charge on any atom is -0.466 e. The molecule has 0 spiro atoms. The minimum atomic E-state index is -0.211. The maximum atomic E-state index is 12.5. The molecule has 1 aliphatic heterocycles. The third kappa shape index (κ3) is 8.63. The summed E-state index contributed by atoms with van der Waals surface area (Å²) < 4.78 is 16.0. The van der Waals surface area contributed by atoms with E-state index in [1.165, 1.54) is 12.5 Å². The first kappa shape index (κ1) is 26.6. The Bertz CT molecular complexity index is 827. The van der Waals surface area contributed by atoms with Gasteiger partial charge in [0.1, 0.15) is 6.61 Å². The molecule has 2 aromatic carbocycles. The Morgan fingerprint density at radius 2 is 1.67 bits per heavy atom. The number of hydrogen-bond acceptors (Lipinski definition) is 6. The Labute approximate surface area is 197 Å². The van der Waals surface area contributed by atoms with Gasteiger partial charge < -0.3 is 14.2 Å². The molecule has 3 rings (SSSR count). The zero-order chi connectivity index (χ0) is 24.1. The molecule has 0 radical (unpaired) electrons. The number of nitrogens with zero attached hydrogens (tertiary/aromatic N) is 1. The Hall–Kier alpha value is -2.70. The van der Waals surface area contributed by atoms with Crippen LogP contribution in [0.2, 0.25) is 0 Å². The van der Waals surface area contributed by atoms with Crippen LogP contribution in [0.3, 0.4) is 0 Å². The van der Waals surface area contributed by atoms with Crippen molar-refractivity contribution in [1.29, 1.82) is 0 Å². The van der Waals surface area contributed by atoms with Crippen LogP contribution in [0.4, 0.5) is 0 Å². The lowest BCUT2D eigenvalue weighted by Gasteiger charge is -2.39.